The molecule has 3 heteroatoms. The second-order valence-electron chi connectivity index (χ2n) is 17.7. The first kappa shape index (κ1) is 35.6. The van der Waals surface area contributed by atoms with E-state index in [1.165, 1.54) is 49.8 Å². The summed E-state index contributed by atoms with van der Waals surface area (Å²) in [7, 11) is 0. The fraction of sp³-hybridized carbons (Fsp3) is 0.103. The lowest BCUT2D eigenvalue weighted by Crippen LogP contribution is -2.31. The molecule has 0 atom stereocenters. The zero-order chi connectivity index (χ0) is 41.0. The molecule has 1 aliphatic heterocycles. The van der Waals surface area contributed by atoms with Gasteiger partial charge in [-0.05, 0) is 87.3 Å². The molecule has 12 rings (SSSR count). The van der Waals surface area contributed by atoms with Crippen LogP contribution in [0.4, 0.5) is 34.1 Å². The van der Waals surface area contributed by atoms with Crippen molar-refractivity contribution >= 4 is 66.8 Å². The van der Waals surface area contributed by atoms with Gasteiger partial charge < -0.3 is 14.2 Å². The van der Waals surface area contributed by atoms with Crippen LogP contribution in [0.5, 0.6) is 0 Å². The topological polar surface area (TPSA) is 19.6 Å². The Bertz CT molecular complexity index is 3390. The molecule has 0 fully saturated rings. The molecule has 0 unspecified atom stereocenters. The van der Waals surface area contributed by atoms with E-state index < -0.39 is 0 Å². The molecule has 1 aliphatic carbocycles. The van der Waals surface area contributed by atoms with Gasteiger partial charge >= 0.3 is 0 Å². The third-order valence-corrected chi connectivity index (χ3v) is 13.6. The van der Waals surface area contributed by atoms with E-state index in [9.17, 15) is 0 Å². The Labute approximate surface area is 356 Å². The molecule has 2 aliphatic rings. The first-order valence-electron chi connectivity index (χ1n) is 21.4. The molecule has 0 saturated carbocycles. The maximum atomic E-state index is 6.75. The maximum Gasteiger partial charge on any atom is 0.143 e. The molecule has 0 amide bonds. The van der Waals surface area contributed by atoms with Gasteiger partial charge in [0.2, 0.25) is 0 Å². The zero-order valence-corrected chi connectivity index (χ0v) is 34.8. The Kier molecular flexibility index (Phi) is 7.62. The Morgan fingerprint density at radius 2 is 1.00 bits per heavy atom. The van der Waals surface area contributed by atoms with Crippen molar-refractivity contribution < 1.29 is 4.42 Å². The molecule has 0 N–H and O–H groups in total. The van der Waals surface area contributed by atoms with Crippen LogP contribution in [0.3, 0.4) is 0 Å². The van der Waals surface area contributed by atoms with Gasteiger partial charge in [0.1, 0.15) is 11.2 Å². The summed E-state index contributed by atoms with van der Waals surface area (Å²) in [5.41, 5.74) is 18.3. The molecule has 10 aromatic rings. The summed E-state index contributed by atoms with van der Waals surface area (Å²) in [6.07, 6.45) is 0. The standard InChI is InChI=1S/C58H44N2O/c1-57(2)48-25-12-10-21-42(48)43-33-30-39(35-51(43)57)59(38-18-6-5-7-19-38)40-31-34-50-53(36-40)60(52-27-14-13-26-49(52)58(50,3)4)55-41-20-9-8-17-37(41)29-32-45(55)47-24-16-23-46-44-22-11-15-28-54(44)61-56(46)47/h5-36H,1-4H3. The van der Waals surface area contributed by atoms with Gasteiger partial charge in [-0.1, -0.05) is 173 Å². The van der Waals surface area contributed by atoms with Gasteiger partial charge in [0.25, 0.3) is 0 Å². The zero-order valence-electron chi connectivity index (χ0n) is 34.8. The average molecular weight is 785 g/mol. The fourth-order valence-corrected chi connectivity index (χ4v) is 10.6. The molecular formula is C58H44N2O. The van der Waals surface area contributed by atoms with Gasteiger partial charge in [-0.25, -0.2) is 0 Å². The molecule has 2 heterocycles. The summed E-state index contributed by atoms with van der Waals surface area (Å²) in [5.74, 6) is 0. The van der Waals surface area contributed by atoms with Crippen molar-refractivity contribution in [3.63, 3.8) is 0 Å². The number of hydrogen-bond donors (Lipinski definition) is 0. The van der Waals surface area contributed by atoms with E-state index >= 15 is 0 Å². The number of fused-ring (bicyclic) bond motifs is 9. The number of rotatable bonds is 5. The minimum atomic E-state index is -0.272. The Morgan fingerprint density at radius 3 is 1.87 bits per heavy atom. The Balaban J connectivity index is 1.13. The van der Waals surface area contributed by atoms with Crippen molar-refractivity contribution in [2.45, 2.75) is 38.5 Å². The van der Waals surface area contributed by atoms with Crippen LogP contribution in [0.2, 0.25) is 0 Å². The lowest BCUT2D eigenvalue weighted by atomic mass is 9.73. The summed E-state index contributed by atoms with van der Waals surface area (Å²) in [4.78, 5) is 4.98. The van der Waals surface area contributed by atoms with E-state index in [-0.39, 0.29) is 10.8 Å². The van der Waals surface area contributed by atoms with Crippen LogP contribution in [0.25, 0.3) is 55.0 Å². The van der Waals surface area contributed by atoms with E-state index in [0.29, 0.717) is 0 Å². The monoisotopic (exact) mass is 784 g/mol. The summed E-state index contributed by atoms with van der Waals surface area (Å²) in [6, 6.07) is 71.2. The van der Waals surface area contributed by atoms with Crippen molar-refractivity contribution in [1.29, 1.82) is 0 Å². The van der Waals surface area contributed by atoms with Gasteiger partial charge in [-0.3, -0.25) is 0 Å². The summed E-state index contributed by atoms with van der Waals surface area (Å²) >= 11 is 0. The molecule has 0 spiro atoms. The van der Waals surface area contributed by atoms with Gasteiger partial charge in [-0.15, -0.1) is 0 Å². The highest BCUT2D eigenvalue weighted by molar-refractivity contribution is 6.14. The third-order valence-electron chi connectivity index (χ3n) is 13.6. The number of nitrogens with zero attached hydrogens (tertiary/aromatic N) is 2. The number of anilines is 6. The molecule has 61 heavy (non-hydrogen) atoms. The number of hydrogen-bond acceptors (Lipinski definition) is 3. The molecule has 292 valence electrons. The maximum absolute atomic E-state index is 6.75. The Hall–Kier alpha value is -7.36. The van der Waals surface area contributed by atoms with Crippen molar-refractivity contribution in [2.24, 2.45) is 0 Å². The third kappa shape index (κ3) is 5.17. The van der Waals surface area contributed by atoms with Gasteiger partial charge in [0.05, 0.1) is 17.1 Å². The fourth-order valence-electron chi connectivity index (χ4n) is 10.6. The summed E-state index contributed by atoms with van der Waals surface area (Å²) in [6.45, 7) is 9.46. The van der Waals surface area contributed by atoms with Crippen LogP contribution in [0.15, 0.2) is 199 Å². The second-order valence-corrected chi connectivity index (χ2v) is 17.7. The highest BCUT2D eigenvalue weighted by Gasteiger charge is 2.40. The van der Waals surface area contributed by atoms with Gasteiger partial charge in [0.15, 0.2) is 0 Å². The minimum Gasteiger partial charge on any atom is -0.455 e. The molecule has 9 aromatic carbocycles. The Morgan fingerprint density at radius 1 is 0.393 bits per heavy atom. The highest BCUT2D eigenvalue weighted by Crippen LogP contribution is 2.57. The van der Waals surface area contributed by atoms with E-state index in [2.05, 4.69) is 226 Å². The van der Waals surface area contributed by atoms with Crippen LogP contribution < -0.4 is 9.80 Å². The molecule has 0 radical (unpaired) electrons. The van der Waals surface area contributed by atoms with Crippen molar-refractivity contribution in [3.05, 3.63) is 216 Å². The predicted octanol–water partition coefficient (Wildman–Crippen LogP) is 16.3. The lowest BCUT2D eigenvalue weighted by molar-refractivity contribution is 0.632. The average Bonchev–Trinajstić information content (AvgIpc) is 3.79. The number of furan rings is 1. The highest BCUT2D eigenvalue weighted by atomic mass is 16.3. The van der Waals surface area contributed by atoms with Crippen molar-refractivity contribution in [3.8, 4) is 22.3 Å². The minimum absolute atomic E-state index is 0.127. The largest absolute Gasteiger partial charge is 0.455 e. The van der Waals surface area contributed by atoms with E-state index in [4.69, 9.17) is 4.42 Å². The molecular weight excluding hydrogens is 741 g/mol. The smallest absolute Gasteiger partial charge is 0.143 e. The molecule has 3 nitrogen and oxygen atoms in total. The predicted molar refractivity (Wildman–Crippen MR) is 256 cm³/mol. The van der Waals surface area contributed by atoms with Crippen LogP contribution in [0, 0.1) is 0 Å². The number of para-hydroxylation sites is 4. The second kappa shape index (κ2) is 13.1. The first-order chi connectivity index (χ1) is 29.8. The van der Waals surface area contributed by atoms with Crippen LogP contribution >= 0.6 is 0 Å². The lowest BCUT2D eigenvalue weighted by Gasteiger charge is -2.43. The van der Waals surface area contributed by atoms with E-state index in [1.807, 2.05) is 6.07 Å². The van der Waals surface area contributed by atoms with E-state index in [1.54, 1.807) is 0 Å². The van der Waals surface area contributed by atoms with E-state index in [0.717, 1.165) is 61.5 Å². The summed E-state index contributed by atoms with van der Waals surface area (Å²) in [5, 5.41) is 4.61. The van der Waals surface area contributed by atoms with Crippen LogP contribution in [0.1, 0.15) is 49.9 Å². The normalized spacial score (nSPS) is 14.5. The van der Waals surface area contributed by atoms with Crippen molar-refractivity contribution in [2.75, 3.05) is 9.80 Å². The molecule has 0 bridgehead atoms. The summed E-state index contributed by atoms with van der Waals surface area (Å²) < 4.78 is 6.75. The SMILES string of the molecule is CC1(C)c2ccccc2-c2ccc(N(c3ccccc3)c3ccc4c(c3)N(c3c(-c5cccc6c5oc5ccccc56)ccc5ccccc35)c3ccccc3C4(C)C)cc21. The quantitative estimate of drug-likeness (QED) is 0.173. The van der Waals surface area contributed by atoms with Crippen LogP contribution in [-0.2, 0) is 10.8 Å². The van der Waals surface area contributed by atoms with Crippen LogP contribution in [-0.4, -0.2) is 0 Å². The van der Waals surface area contributed by atoms with Gasteiger partial charge in [0, 0.05) is 55.2 Å². The molecule has 1 aromatic heterocycles. The molecule has 0 saturated heterocycles. The first-order valence-corrected chi connectivity index (χ1v) is 21.4. The number of benzene rings is 9. The van der Waals surface area contributed by atoms with Gasteiger partial charge in [-0.2, -0.15) is 0 Å². The van der Waals surface area contributed by atoms with Crippen molar-refractivity contribution in [1.82, 2.24) is 0 Å².